The van der Waals surface area contributed by atoms with Crippen molar-refractivity contribution in [2.75, 3.05) is 0 Å². The minimum absolute atomic E-state index is 0.182. The highest BCUT2D eigenvalue weighted by atomic mass is 35.5. The Morgan fingerprint density at radius 2 is 1.76 bits per heavy atom. The van der Waals surface area contributed by atoms with E-state index in [-0.39, 0.29) is 23.5 Å². The molecule has 4 atom stereocenters. The zero-order valence-electron chi connectivity index (χ0n) is 13.7. The van der Waals surface area contributed by atoms with E-state index in [0.717, 1.165) is 0 Å². The third kappa shape index (κ3) is 2.56. The number of benzene rings is 1. The summed E-state index contributed by atoms with van der Waals surface area (Å²) in [5.41, 5.74) is 0.996. The van der Waals surface area contributed by atoms with Crippen LogP contribution in [0.1, 0.15) is 32.6 Å². The van der Waals surface area contributed by atoms with Gasteiger partial charge in [0.1, 0.15) is 23.4 Å². The van der Waals surface area contributed by atoms with Crippen LogP contribution in [-0.2, 0) is 14.2 Å². The van der Waals surface area contributed by atoms with Crippen molar-refractivity contribution in [2.24, 2.45) is 0 Å². The summed E-state index contributed by atoms with van der Waals surface area (Å²) in [4.78, 5) is 0. The number of nitriles is 1. The standard InChI is InChI=1S/C17H15Cl3N2O3/c1-7-13-14(25-17(2,3)24-13)16(23-7)22-12-5-11(19)10(18)4-8(12)9(6-21)15(22)20/h4-5,7,13-14,16H,1-3H3/t7-,13-,14-,16-/m1/s1. The zero-order valence-corrected chi connectivity index (χ0v) is 16.0. The van der Waals surface area contributed by atoms with E-state index in [1.165, 1.54) is 0 Å². The molecule has 8 heteroatoms. The van der Waals surface area contributed by atoms with E-state index in [1.807, 2.05) is 20.8 Å². The summed E-state index contributed by atoms with van der Waals surface area (Å²) in [5.74, 6) is -0.708. The van der Waals surface area contributed by atoms with Crippen molar-refractivity contribution in [1.82, 2.24) is 4.57 Å². The summed E-state index contributed by atoms with van der Waals surface area (Å²) in [6, 6.07) is 5.47. The first-order chi connectivity index (χ1) is 11.7. The summed E-state index contributed by atoms with van der Waals surface area (Å²) < 4.78 is 19.8. The van der Waals surface area contributed by atoms with Gasteiger partial charge in [-0.05, 0) is 32.9 Å². The quantitative estimate of drug-likeness (QED) is 0.681. The molecule has 2 saturated heterocycles. The summed E-state index contributed by atoms with van der Waals surface area (Å²) in [5, 5.41) is 11.2. The Balaban J connectivity index is 1.91. The summed E-state index contributed by atoms with van der Waals surface area (Å²) in [6.07, 6.45) is -1.28. The summed E-state index contributed by atoms with van der Waals surface area (Å²) in [6.45, 7) is 5.65. The molecule has 3 heterocycles. The SMILES string of the molecule is C[C@H]1O[C@@H](n2c(Cl)c(C#N)c3cc(Cl)c(Cl)cc32)[C@@H]2OC(C)(C)O[C@@H]21. The van der Waals surface area contributed by atoms with E-state index in [2.05, 4.69) is 6.07 Å². The number of ether oxygens (including phenoxy) is 3. The Morgan fingerprint density at radius 1 is 1.12 bits per heavy atom. The molecule has 0 saturated carbocycles. The maximum Gasteiger partial charge on any atom is 0.164 e. The van der Waals surface area contributed by atoms with Gasteiger partial charge >= 0.3 is 0 Å². The molecule has 2 aromatic rings. The van der Waals surface area contributed by atoms with Gasteiger partial charge in [-0.1, -0.05) is 34.8 Å². The second-order valence-electron chi connectivity index (χ2n) is 6.73. The van der Waals surface area contributed by atoms with Crippen molar-refractivity contribution in [2.45, 2.75) is 51.1 Å². The van der Waals surface area contributed by atoms with Gasteiger partial charge in [-0.15, -0.1) is 0 Å². The van der Waals surface area contributed by atoms with E-state index in [0.29, 0.717) is 26.5 Å². The predicted molar refractivity (Wildman–Crippen MR) is 95.1 cm³/mol. The molecule has 0 N–H and O–H groups in total. The monoisotopic (exact) mass is 400 g/mol. The molecule has 2 fully saturated rings. The van der Waals surface area contributed by atoms with Gasteiger partial charge in [-0.2, -0.15) is 5.26 Å². The number of fused-ring (bicyclic) bond motifs is 2. The van der Waals surface area contributed by atoms with Crippen molar-refractivity contribution >= 4 is 45.7 Å². The van der Waals surface area contributed by atoms with E-state index in [9.17, 15) is 5.26 Å². The minimum atomic E-state index is -0.708. The number of nitrogens with zero attached hydrogens (tertiary/aromatic N) is 2. The largest absolute Gasteiger partial charge is 0.349 e. The van der Waals surface area contributed by atoms with Crippen LogP contribution in [0.5, 0.6) is 0 Å². The molecular weight excluding hydrogens is 387 g/mol. The van der Waals surface area contributed by atoms with Gasteiger partial charge < -0.3 is 18.8 Å². The Bertz CT molecular complexity index is 918. The summed E-state index contributed by atoms with van der Waals surface area (Å²) >= 11 is 18.8. The molecule has 0 bridgehead atoms. The van der Waals surface area contributed by atoms with Crippen LogP contribution in [0.4, 0.5) is 0 Å². The molecule has 4 rings (SSSR count). The van der Waals surface area contributed by atoms with Crippen LogP contribution in [0, 0.1) is 11.3 Å². The van der Waals surface area contributed by atoms with Crippen molar-refractivity contribution in [3.63, 3.8) is 0 Å². The predicted octanol–water partition coefficient (Wildman–Crippen LogP) is 4.91. The Kier molecular flexibility index (Phi) is 4.01. The number of rotatable bonds is 1. The number of hydrogen-bond acceptors (Lipinski definition) is 4. The van der Waals surface area contributed by atoms with Crippen molar-refractivity contribution in [1.29, 1.82) is 5.26 Å². The smallest absolute Gasteiger partial charge is 0.164 e. The molecule has 0 aliphatic carbocycles. The van der Waals surface area contributed by atoms with Gasteiger partial charge in [0.25, 0.3) is 0 Å². The molecule has 2 aliphatic heterocycles. The van der Waals surface area contributed by atoms with E-state index < -0.39 is 12.0 Å². The normalized spacial score (nSPS) is 30.6. The fourth-order valence-corrected chi connectivity index (χ4v) is 4.26. The highest BCUT2D eigenvalue weighted by Crippen LogP contribution is 2.46. The second-order valence-corrected chi connectivity index (χ2v) is 7.90. The van der Waals surface area contributed by atoms with Gasteiger partial charge in [0.2, 0.25) is 0 Å². The van der Waals surface area contributed by atoms with E-state index >= 15 is 0 Å². The van der Waals surface area contributed by atoms with Crippen LogP contribution >= 0.6 is 34.8 Å². The molecule has 1 aromatic heterocycles. The average molecular weight is 402 g/mol. The number of halogens is 3. The second kappa shape index (κ2) is 5.75. The lowest BCUT2D eigenvalue weighted by Gasteiger charge is -2.24. The fraction of sp³-hybridized carbons (Fsp3) is 0.471. The van der Waals surface area contributed by atoms with Gasteiger partial charge in [-0.3, -0.25) is 0 Å². The number of hydrogen-bond donors (Lipinski definition) is 0. The average Bonchev–Trinajstić information content (AvgIpc) is 3.08. The van der Waals surface area contributed by atoms with Crippen molar-refractivity contribution in [3.05, 3.63) is 32.9 Å². The first-order valence-corrected chi connectivity index (χ1v) is 8.96. The fourth-order valence-electron chi connectivity index (χ4n) is 3.61. The molecule has 5 nitrogen and oxygen atoms in total. The lowest BCUT2D eigenvalue weighted by Crippen LogP contribution is -2.28. The first-order valence-electron chi connectivity index (χ1n) is 7.83. The third-order valence-corrected chi connectivity index (χ3v) is 5.71. The van der Waals surface area contributed by atoms with Crippen molar-refractivity contribution < 1.29 is 14.2 Å². The minimum Gasteiger partial charge on any atom is -0.349 e. The molecule has 1 aromatic carbocycles. The Hall–Kier alpha value is -1.00. The van der Waals surface area contributed by atoms with E-state index in [1.54, 1.807) is 16.7 Å². The maximum atomic E-state index is 9.53. The maximum absolute atomic E-state index is 9.53. The van der Waals surface area contributed by atoms with Crippen LogP contribution < -0.4 is 0 Å². The highest BCUT2D eigenvalue weighted by Gasteiger charge is 2.55. The molecule has 25 heavy (non-hydrogen) atoms. The topological polar surface area (TPSA) is 56.4 Å². The van der Waals surface area contributed by atoms with Crippen LogP contribution in [0.25, 0.3) is 10.9 Å². The lowest BCUT2D eigenvalue weighted by atomic mass is 10.1. The molecule has 0 amide bonds. The van der Waals surface area contributed by atoms with Gasteiger partial charge in [0.05, 0.1) is 27.2 Å². The summed E-state index contributed by atoms with van der Waals surface area (Å²) in [7, 11) is 0. The van der Waals surface area contributed by atoms with Gasteiger partial charge in [0, 0.05) is 5.39 Å². The van der Waals surface area contributed by atoms with Crippen LogP contribution in [0.3, 0.4) is 0 Å². The van der Waals surface area contributed by atoms with E-state index in [4.69, 9.17) is 49.0 Å². The lowest BCUT2D eigenvalue weighted by molar-refractivity contribution is -0.194. The van der Waals surface area contributed by atoms with Crippen LogP contribution in [0.2, 0.25) is 15.2 Å². The molecule has 2 aliphatic rings. The molecular formula is C17H15Cl3N2O3. The highest BCUT2D eigenvalue weighted by molar-refractivity contribution is 6.43. The molecule has 0 spiro atoms. The van der Waals surface area contributed by atoms with Crippen LogP contribution in [0.15, 0.2) is 12.1 Å². The third-order valence-electron chi connectivity index (χ3n) is 4.61. The van der Waals surface area contributed by atoms with Crippen molar-refractivity contribution in [3.8, 4) is 6.07 Å². The molecule has 0 radical (unpaired) electrons. The van der Waals surface area contributed by atoms with Gasteiger partial charge in [0.15, 0.2) is 12.0 Å². The zero-order chi connectivity index (χ0) is 18.1. The van der Waals surface area contributed by atoms with Gasteiger partial charge in [-0.25, -0.2) is 0 Å². The van der Waals surface area contributed by atoms with Crippen LogP contribution in [-0.4, -0.2) is 28.7 Å². The first kappa shape index (κ1) is 17.4. The molecule has 0 unspecified atom stereocenters. The number of aromatic nitrogens is 1. The molecule has 132 valence electrons. The Morgan fingerprint density at radius 3 is 2.44 bits per heavy atom. The Labute approximate surface area is 159 Å².